The lowest BCUT2D eigenvalue weighted by molar-refractivity contribution is 1.23. The fourth-order valence-electron chi connectivity index (χ4n) is 9.66. The quantitative estimate of drug-likeness (QED) is 0.128. The summed E-state index contributed by atoms with van der Waals surface area (Å²) in [5.74, 6) is 0. The van der Waals surface area contributed by atoms with Crippen molar-refractivity contribution in [2.75, 3.05) is 9.80 Å². The first-order chi connectivity index (χ1) is 34.2. The predicted octanol–water partition coefficient (Wildman–Crippen LogP) is 19.3. The molecule has 3 heteroatoms. The molecule has 0 bridgehead atoms. The number of rotatable bonds is 11. The minimum absolute atomic E-state index is 1.04. The molecule has 0 amide bonds. The summed E-state index contributed by atoms with van der Waals surface area (Å²) in [7, 11) is 0. The fraction of sp³-hybridized carbons (Fsp3) is 0. The average Bonchev–Trinajstić information content (AvgIpc) is 3.81. The highest BCUT2D eigenvalue weighted by Gasteiger charge is 2.26. The van der Waals surface area contributed by atoms with E-state index in [1.807, 2.05) is 11.3 Å². The molecule has 69 heavy (non-hydrogen) atoms. The molecule has 326 valence electrons. The maximum atomic E-state index is 2.47. The van der Waals surface area contributed by atoms with Crippen molar-refractivity contribution >= 4 is 65.6 Å². The third-order valence-electron chi connectivity index (χ3n) is 13.1. The second-order valence-electron chi connectivity index (χ2n) is 17.3. The average molecular weight is 899 g/mol. The van der Waals surface area contributed by atoms with Gasteiger partial charge in [-0.1, -0.05) is 206 Å². The van der Waals surface area contributed by atoms with E-state index in [4.69, 9.17) is 0 Å². The summed E-state index contributed by atoms with van der Waals surface area (Å²) in [5, 5.41) is 2.51. The Morgan fingerprint density at radius 2 is 0.522 bits per heavy atom. The van der Waals surface area contributed by atoms with Crippen LogP contribution in [0, 0.1) is 0 Å². The molecule has 12 aromatic rings. The molecule has 0 radical (unpaired) electrons. The van der Waals surface area contributed by atoms with Crippen LogP contribution in [0.25, 0.3) is 75.8 Å². The van der Waals surface area contributed by atoms with Gasteiger partial charge in [-0.25, -0.2) is 0 Å². The zero-order valence-corrected chi connectivity index (χ0v) is 38.7. The standard InChI is InChI=1S/C66H46N2S/c1-6-18-47(19-7-1)50-30-36-55(37-31-50)67(56-38-32-51(33-39-56)48-20-8-2-9-21-48)63-45-60(53-24-12-4-13-25-53)61(54-26-14-5-15-27-54)46-64(63)68(57-40-34-52(35-41-57)49-22-10-3-11-23-49)58-42-43-66-62(44-58)59-28-16-17-29-65(59)69-66/h1-46H. The second-order valence-corrected chi connectivity index (χ2v) is 18.4. The Bertz CT molecular complexity index is 3580. The highest BCUT2D eigenvalue weighted by molar-refractivity contribution is 7.25. The zero-order chi connectivity index (χ0) is 45.9. The van der Waals surface area contributed by atoms with Crippen LogP contribution in [0.3, 0.4) is 0 Å². The van der Waals surface area contributed by atoms with Gasteiger partial charge in [0.25, 0.3) is 0 Å². The summed E-state index contributed by atoms with van der Waals surface area (Å²) < 4.78 is 2.55. The maximum Gasteiger partial charge on any atom is 0.0709 e. The van der Waals surface area contributed by atoms with E-state index < -0.39 is 0 Å². The molecule has 0 N–H and O–H groups in total. The van der Waals surface area contributed by atoms with E-state index in [9.17, 15) is 0 Å². The van der Waals surface area contributed by atoms with Gasteiger partial charge in [0.1, 0.15) is 0 Å². The van der Waals surface area contributed by atoms with E-state index in [1.165, 1.54) is 53.6 Å². The van der Waals surface area contributed by atoms with E-state index in [-0.39, 0.29) is 0 Å². The van der Waals surface area contributed by atoms with Gasteiger partial charge in [-0.2, -0.15) is 0 Å². The van der Waals surface area contributed by atoms with Crippen LogP contribution in [0.1, 0.15) is 0 Å². The Kier molecular flexibility index (Phi) is 11.2. The number of fused-ring (bicyclic) bond motifs is 3. The van der Waals surface area contributed by atoms with Crippen LogP contribution < -0.4 is 9.80 Å². The molecule has 0 aliphatic rings. The molecular formula is C66H46N2S. The lowest BCUT2D eigenvalue weighted by Crippen LogP contribution is -2.17. The van der Waals surface area contributed by atoms with Gasteiger partial charge in [0.2, 0.25) is 0 Å². The number of benzene rings is 11. The van der Waals surface area contributed by atoms with Crippen molar-refractivity contribution in [3.05, 3.63) is 279 Å². The molecule has 11 aromatic carbocycles. The van der Waals surface area contributed by atoms with Gasteiger partial charge >= 0.3 is 0 Å². The van der Waals surface area contributed by atoms with Crippen LogP contribution in [0.5, 0.6) is 0 Å². The van der Waals surface area contributed by atoms with Crippen LogP contribution in [0.4, 0.5) is 34.1 Å². The van der Waals surface area contributed by atoms with Gasteiger partial charge in [0, 0.05) is 42.9 Å². The normalized spacial score (nSPS) is 11.2. The summed E-state index contributed by atoms with van der Waals surface area (Å²) in [6.07, 6.45) is 0. The van der Waals surface area contributed by atoms with Gasteiger partial charge in [-0.3, -0.25) is 0 Å². The Balaban J connectivity index is 1.16. The number of hydrogen-bond acceptors (Lipinski definition) is 3. The minimum Gasteiger partial charge on any atom is -0.308 e. The molecule has 1 heterocycles. The lowest BCUT2D eigenvalue weighted by Gasteiger charge is -2.35. The van der Waals surface area contributed by atoms with Crippen molar-refractivity contribution in [1.29, 1.82) is 0 Å². The van der Waals surface area contributed by atoms with Crippen LogP contribution in [-0.4, -0.2) is 0 Å². The Hall–Kier alpha value is -8.76. The number of thiophene rings is 1. The van der Waals surface area contributed by atoms with Crippen LogP contribution in [-0.2, 0) is 0 Å². The summed E-state index contributed by atoms with van der Waals surface area (Å²) >= 11 is 1.85. The van der Waals surface area contributed by atoms with Crippen LogP contribution in [0.15, 0.2) is 279 Å². The SMILES string of the molecule is c1ccc(-c2ccc(N(c3ccc(-c4ccccc4)cc3)c3cc(-c4ccccc4)c(-c4ccccc4)cc3N(c3ccc(-c4ccccc4)cc3)c3ccc4sc5ccccc5c4c3)cc2)cc1. The van der Waals surface area contributed by atoms with E-state index in [1.54, 1.807) is 0 Å². The molecule has 0 aliphatic heterocycles. The minimum atomic E-state index is 1.04. The van der Waals surface area contributed by atoms with Crippen molar-refractivity contribution in [3.8, 4) is 55.6 Å². The van der Waals surface area contributed by atoms with E-state index >= 15 is 0 Å². The monoisotopic (exact) mass is 898 g/mol. The van der Waals surface area contributed by atoms with Crippen LogP contribution in [0.2, 0.25) is 0 Å². The molecule has 0 saturated carbocycles. The summed E-state index contributed by atoms with van der Waals surface area (Å²) in [5.41, 5.74) is 17.9. The van der Waals surface area contributed by atoms with Crippen LogP contribution >= 0.6 is 11.3 Å². The summed E-state index contributed by atoms with van der Waals surface area (Å²) in [4.78, 5) is 4.92. The first kappa shape index (κ1) is 41.7. The number of nitrogens with zero attached hydrogens (tertiary/aromatic N) is 2. The van der Waals surface area contributed by atoms with Crippen molar-refractivity contribution < 1.29 is 0 Å². The lowest BCUT2D eigenvalue weighted by atomic mass is 9.92. The number of hydrogen-bond donors (Lipinski definition) is 0. The molecule has 2 nitrogen and oxygen atoms in total. The summed E-state index contributed by atoms with van der Waals surface area (Å²) in [6, 6.07) is 101. The van der Waals surface area contributed by atoms with E-state index in [0.717, 1.165) is 56.4 Å². The third kappa shape index (κ3) is 8.27. The van der Waals surface area contributed by atoms with Crippen molar-refractivity contribution in [2.24, 2.45) is 0 Å². The molecular weight excluding hydrogens is 853 g/mol. The smallest absolute Gasteiger partial charge is 0.0709 e. The van der Waals surface area contributed by atoms with Gasteiger partial charge in [-0.15, -0.1) is 11.3 Å². The second kappa shape index (κ2) is 18.5. The number of anilines is 6. The molecule has 0 aliphatic carbocycles. The zero-order valence-electron chi connectivity index (χ0n) is 37.9. The van der Waals surface area contributed by atoms with Gasteiger partial charge in [0.15, 0.2) is 0 Å². The molecule has 0 spiro atoms. The molecule has 1 aromatic heterocycles. The molecule has 0 atom stereocenters. The summed E-state index contributed by atoms with van der Waals surface area (Å²) in [6.45, 7) is 0. The van der Waals surface area contributed by atoms with Crippen molar-refractivity contribution in [3.63, 3.8) is 0 Å². The van der Waals surface area contributed by atoms with Crippen molar-refractivity contribution in [1.82, 2.24) is 0 Å². The van der Waals surface area contributed by atoms with Gasteiger partial charge < -0.3 is 9.80 Å². The first-order valence-corrected chi connectivity index (χ1v) is 24.3. The first-order valence-electron chi connectivity index (χ1n) is 23.5. The molecule has 0 fully saturated rings. The van der Waals surface area contributed by atoms with Gasteiger partial charge in [0.05, 0.1) is 11.4 Å². The Labute approximate surface area is 407 Å². The predicted molar refractivity (Wildman–Crippen MR) is 296 cm³/mol. The third-order valence-corrected chi connectivity index (χ3v) is 14.2. The maximum absolute atomic E-state index is 2.47. The molecule has 0 unspecified atom stereocenters. The Morgan fingerprint density at radius 3 is 0.928 bits per heavy atom. The highest BCUT2D eigenvalue weighted by Crippen LogP contribution is 2.51. The largest absolute Gasteiger partial charge is 0.308 e. The van der Waals surface area contributed by atoms with Gasteiger partial charge in [-0.05, 0) is 128 Å². The molecule has 0 saturated heterocycles. The topological polar surface area (TPSA) is 6.48 Å². The fourth-order valence-corrected chi connectivity index (χ4v) is 10.7. The highest BCUT2D eigenvalue weighted by atomic mass is 32.1. The Morgan fingerprint density at radius 1 is 0.217 bits per heavy atom. The van der Waals surface area contributed by atoms with Crippen molar-refractivity contribution in [2.45, 2.75) is 0 Å². The van der Waals surface area contributed by atoms with E-state index in [2.05, 4.69) is 289 Å². The van der Waals surface area contributed by atoms with E-state index in [0.29, 0.717) is 0 Å². The molecule has 12 rings (SSSR count).